The molecule has 1 radical (unpaired) electrons. The van der Waals surface area contributed by atoms with E-state index in [4.69, 9.17) is 0 Å². The van der Waals surface area contributed by atoms with Crippen LogP contribution in [0.25, 0.3) is 10.9 Å². The number of hydrogen-bond donors (Lipinski definition) is 2. The number of halogens is 3. The number of amides is 1. The van der Waals surface area contributed by atoms with Gasteiger partial charge in [0.05, 0.1) is 23.0 Å². The predicted molar refractivity (Wildman–Crippen MR) is 84.9 cm³/mol. The van der Waals surface area contributed by atoms with Gasteiger partial charge in [-0.25, -0.2) is 0 Å². The number of nitrogens with zero attached hydrogens (tertiary/aromatic N) is 3. The lowest BCUT2D eigenvalue weighted by Gasteiger charge is -2.08. The molecule has 1 aliphatic heterocycles. The molecule has 1 amide bonds. The first-order chi connectivity index (χ1) is 11.9. The fourth-order valence-corrected chi connectivity index (χ4v) is 2.57. The van der Waals surface area contributed by atoms with Crippen LogP contribution >= 0.6 is 0 Å². The van der Waals surface area contributed by atoms with E-state index in [-0.39, 0.29) is 11.4 Å². The van der Waals surface area contributed by atoms with Gasteiger partial charge < -0.3 is 5.32 Å². The fourth-order valence-electron chi connectivity index (χ4n) is 2.57. The van der Waals surface area contributed by atoms with E-state index < -0.39 is 17.6 Å². The van der Waals surface area contributed by atoms with Gasteiger partial charge in [0, 0.05) is 16.6 Å². The van der Waals surface area contributed by atoms with Crippen LogP contribution in [0.4, 0.5) is 24.5 Å². The molecule has 9 heteroatoms. The molecule has 0 saturated carbocycles. The summed E-state index contributed by atoms with van der Waals surface area (Å²) in [6.07, 6.45) is -2.86. The summed E-state index contributed by atoms with van der Waals surface area (Å²) in [5, 5.41) is 13.7. The number of carbonyl (C=O) groups is 1. The summed E-state index contributed by atoms with van der Waals surface area (Å²) in [5.41, 5.74) is 5.56. The van der Waals surface area contributed by atoms with Crippen LogP contribution < -0.4 is 10.7 Å². The van der Waals surface area contributed by atoms with Crippen molar-refractivity contribution in [3.63, 3.8) is 0 Å². The Morgan fingerprint density at radius 3 is 2.56 bits per heavy atom. The largest absolute Gasteiger partial charge is 0.416 e. The molecule has 3 aromatic rings. The van der Waals surface area contributed by atoms with Gasteiger partial charge in [-0.1, -0.05) is 0 Å². The number of alkyl halides is 3. The number of hydrogen-bond acceptors (Lipinski definition) is 3. The first-order valence-corrected chi connectivity index (χ1v) is 7.17. The minimum Gasteiger partial charge on any atom is -0.321 e. The number of H-pyrrole nitrogens is 1. The molecule has 0 aliphatic carbocycles. The van der Waals surface area contributed by atoms with Crippen molar-refractivity contribution in [2.75, 3.05) is 5.32 Å². The van der Waals surface area contributed by atoms with Crippen LogP contribution in [0.1, 0.15) is 21.6 Å². The average molecular weight is 344 g/mol. The monoisotopic (exact) mass is 344 g/mol. The van der Waals surface area contributed by atoms with Gasteiger partial charge in [0.1, 0.15) is 0 Å². The number of benzene rings is 2. The van der Waals surface area contributed by atoms with Gasteiger partial charge in [-0.05, 0) is 36.4 Å². The number of aromatic amines is 1. The van der Waals surface area contributed by atoms with Crippen LogP contribution in [0.2, 0.25) is 0 Å². The number of anilines is 1. The molecule has 2 aromatic carbocycles. The molecular weight excluding hydrogens is 335 g/mol. The van der Waals surface area contributed by atoms with E-state index in [1.807, 2.05) is 0 Å². The van der Waals surface area contributed by atoms with Crippen LogP contribution in [0, 0.1) is 0 Å². The molecule has 25 heavy (non-hydrogen) atoms. The molecule has 4 rings (SSSR count). The maximum Gasteiger partial charge on any atom is 0.416 e. The van der Waals surface area contributed by atoms with E-state index in [0.717, 1.165) is 17.7 Å². The van der Waals surface area contributed by atoms with Crippen molar-refractivity contribution < 1.29 is 18.0 Å². The smallest absolute Gasteiger partial charge is 0.321 e. The maximum atomic E-state index is 12.6. The highest BCUT2D eigenvalue weighted by Crippen LogP contribution is 2.31. The van der Waals surface area contributed by atoms with Crippen molar-refractivity contribution in [3.05, 3.63) is 53.2 Å². The third-order valence-corrected chi connectivity index (χ3v) is 3.79. The number of rotatable bonds is 2. The van der Waals surface area contributed by atoms with Crippen molar-refractivity contribution in [2.24, 2.45) is 5.10 Å². The summed E-state index contributed by atoms with van der Waals surface area (Å²) in [5.74, 6) is -0.530. The molecule has 0 fully saturated rings. The second-order valence-corrected chi connectivity index (χ2v) is 5.37. The molecule has 0 unspecified atom stereocenters. The van der Waals surface area contributed by atoms with E-state index in [1.54, 1.807) is 18.3 Å². The summed E-state index contributed by atoms with van der Waals surface area (Å²) in [4.78, 5) is 12.4. The van der Waals surface area contributed by atoms with Crippen LogP contribution in [0.5, 0.6) is 0 Å². The molecule has 2 heterocycles. The molecule has 2 N–H and O–H groups in total. The summed E-state index contributed by atoms with van der Waals surface area (Å²) in [7, 11) is 0. The maximum absolute atomic E-state index is 12.6. The van der Waals surface area contributed by atoms with E-state index in [0.29, 0.717) is 16.6 Å². The topological polar surface area (TPSA) is 84.2 Å². The zero-order valence-corrected chi connectivity index (χ0v) is 12.4. The lowest BCUT2D eigenvalue weighted by molar-refractivity contribution is -0.137. The van der Waals surface area contributed by atoms with E-state index >= 15 is 0 Å². The van der Waals surface area contributed by atoms with Crippen molar-refractivity contribution in [1.82, 2.24) is 15.6 Å². The minimum absolute atomic E-state index is 0.137. The van der Waals surface area contributed by atoms with Crippen LogP contribution in [-0.2, 0) is 6.18 Å². The molecule has 1 aromatic heterocycles. The van der Waals surface area contributed by atoms with Gasteiger partial charge in [-0.3, -0.25) is 9.89 Å². The highest BCUT2D eigenvalue weighted by molar-refractivity contribution is 6.14. The zero-order chi connectivity index (χ0) is 17.6. The molecular formula is C16H9F3N5O. The third kappa shape index (κ3) is 2.59. The Morgan fingerprint density at radius 1 is 1.08 bits per heavy atom. The summed E-state index contributed by atoms with van der Waals surface area (Å²) in [6.45, 7) is 0. The average Bonchev–Trinajstić information content (AvgIpc) is 3.20. The van der Waals surface area contributed by atoms with Crippen LogP contribution in [0.3, 0.4) is 0 Å². The Balaban J connectivity index is 1.62. The Kier molecular flexibility index (Phi) is 3.24. The van der Waals surface area contributed by atoms with Crippen molar-refractivity contribution in [1.29, 1.82) is 0 Å². The molecule has 125 valence electrons. The van der Waals surface area contributed by atoms with E-state index in [9.17, 15) is 18.0 Å². The Hall–Kier alpha value is -3.36. The van der Waals surface area contributed by atoms with Crippen molar-refractivity contribution in [2.45, 2.75) is 6.18 Å². The Bertz CT molecular complexity index is 1010. The number of carbonyl (C=O) groups excluding carboxylic acids is 1. The lowest BCUT2D eigenvalue weighted by Crippen LogP contribution is -2.13. The minimum atomic E-state index is -4.42. The highest BCUT2D eigenvalue weighted by Gasteiger charge is 2.30. The van der Waals surface area contributed by atoms with Gasteiger partial charge in [0.15, 0.2) is 5.69 Å². The quantitative estimate of drug-likeness (QED) is 0.746. The summed E-state index contributed by atoms with van der Waals surface area (Å²) in [6, 6.07) is 7.61. The predicted octanol–water partition coefficient (Wildman–Crippen LogP) is 3.42. The van der Waals surface area contributed by atoms with Gasteiger partial charge in [0.2, 0.25) is 0 Å². The van der Waals surface area contributed by atoms with Crippen LogP contribution in [0.15, 0.2) is 41.5 Å². The lowest BCUT2D eigenvalue weighted by atomic mass is 10.1. The summed E-state index contributed by atoms with van der Waals surface area (Å²) >= 11 is 0. The first-order valence-electron chi connectivity index (χ1n) is 7.17. The molecule has 0 saturated heterocycles. The molecule has 1 aliphatic rings. The normalized spacial score (nSPS) is 12.9. The van der Waals surface area contributed by atoms with Gasteiger partial charge in [-0.15, -0.1) is 0 Å². The second-order valence-electron chi connectivity index (χ2n) is 5.37. The Morgan fingerprint density at radius 2 is 1.84 bits per heavy atom. The molecule has 0 bridgehead atoms. The van der Waals surface area contributed by atoms with Gasteiger partial charge in [-0.2, -0.15) is 28.8 Å². The Labute approximate surface area is 138 Å². The molecule has 0 atom stereocenters. The van der Waals surface area contributed by atoms with Gasteiger partial charge in [0.25, 0.3) is 5.91 Å². The number of fused-ring (bicyclic) bond motifs is 3. The van der Waals surface area contributed by atoms with Crippen molar-refractivity contribution in [3.8, 4) is 0 Å². The standard InChI is InChI=1S/C16H9F3N5O/c17-16(18,19)8-1-3-9(4-2-8)21-15(25)14-10-5-6-12-11(7-20-22-12)13(10)23-24-14/h1-7H,(H,21,25)(H,23,24). The SMILES string of the molecule is O=C(Nc1ccc(C(F)(F)F)cc1)c1n[nH]c2c3c(ccc12)[N]N=C3. The first kappa shape index (κ1) is 15.2. The van der Waals surface area contributed by atoms with E-state index in [2.05, 4.69) is 26.0 Å². The van der Waals surface area contributed by atoms with E-state index in [1.165, 1.54) is 12.1 Å². The zero-order valence-electron chi connectivity index (χ0n) is 12.4. The summed E-state index contributed by atoms with van der Waals surface area (Å²) < 4.78 is 37.7. The third-order valence-electron chi connectivity index (χ3n) is 3.79. The highest BCUT2D eigenvalue weighted by atomic mass is 19.4. The van der Waals surface area contributed by atoms with Gasteiger partial charge >= 0.3 is 6.18 Å². The number of nitrogens with one attached hydrogen (secondary N) is 2. The molecule has 0 spiro atoms. The van der Waals surface area contributed by atoms with Crippen LogP contribution in [-0.4, -0.2) is 22.3 Å². The molecule has 6 nitrogen and oxygen atoms in total. The number of aromatic nitrogens is 2. The second kappa shape index (κ2) is 5.33. The fraction of sp³-hybridized carbons (Fsp3) is 0.0625. The van der Waals surface area contributed by atoms with Crippen molar-refractivity contribution >= 4 is 34.4 Å².